The highest BCUT2D eigenvalue weighted by molar-refractivity contribution is 6.31. The fourth-order valence-electron chi connectivity index (χ4n) is 4.62. The molecule has 30 heavy (non-hydrogen) atoms. The van der Waals surface area contributed by atoms with Crippen LogP contribution in [0, 0.1) is 22.2 Å². The van der Waals surface area contributed by atoms with Gasteiger partial charge < -0.3 is 15.4 Å². The molecule has 1 aliphatic carbocycles. The smallest absolute Gasteiger partial charge is 0.253 e. The highest BCUT2D eigenvalue weighted by Crippen LogP contribution is 2.55. The van der Waals surface area contributed by atoms with Gasteiger partial charge in [-0.15, -0.1) is 0 Å². The molecule has 3 rings (SSSR count). The number of carbonyl (C=O) groups is 1. The molecular formula is C23H27ClN4O2. The molecule has 2 N–H and O–H groups in total. The molecule has 1 fully saturated rings. The maximum atomic E-state index is 12.8. The quantitative estimate of drug-likeness (QED) is 0.701. The number of pyridine rings is 1. The van der Waals surface area contributed by atoms with Gasteiger partial charge in [0.05, 0.1) is 16.1 Å². The van der Waals surface area contributed by atoms with Crippen molar-refractivity contribution in [3.8, 4) is 11.8 Å². The summed E-state index contributed by atoms with van der Waals surface area (Å²) in [7, 11) is 0. The standard InChI is InChI=1S/C23H27ClN4O2/c1-6-26-18-10-8-15(13-27-18)19(29)28-20-22(2,3)21(23(20,4)5)30-16-9-7-14(12-25)17(24)11-16/h7-11,13,20-21H,6H2,1-5H3,(H,26,27)(H,28,29). The minimum absolute atomic E-state index is 0.0928. The summed E-state index contributed by atoms with van der Waals surface area (Å²) < 4.78 is 6.26. The summed E-state index contributed by atoms with van der Waals surface area (Å²) in [5, 5.41) is 15.7. The summed E-state index contributed by atoms with van der Waals surface area (Å²) in [5.74, 6) is 1.20. The van der Waals surface area contributed by atoms with Crippen LogP contribution < -0.4 is 15.4 Å². The van der Waals surface area contributed by atoms with Gasteiger partial charge in [-0.2, -0.15) is 5.26 Å². The molecule has 1 amide bonds. The number of nitrogens with one attached hydrogen (secondary N) is 2. The molecule has 0 aliphatic heterocycles. The van der Waals surface area contributed by atoms with E-state index in [-0.39, 0.29) is 28.9 Å². The Bertz CT molecular complexity index is 964. The molecule has 158 valence electrons. The van der Waals surface area contributed by atoms with Crippen LogP contribution in [0.15, 0.2) is 36.5 Å². The highest BCUT2D eigenvalue weighted by Gasteiger charge is 2.64. The third kappa shape index (κ3) is 3.95. The summed E-state index contributed by atoms with van der Waals surface area (Å²) in [6.45, 7) is 11.1. The van der Waals surface area contributed by atoms with Gasteiger partial charge in [0.15, 0.2) is 0 Å². The second kappa shape index (κ2) is 8.16. The lowest BCUT2D eigenvalue weighted by Gasteiger charge is -2.63. The number of nitriles is 1. The Morgan fingerprint density at radius 3 is 2.47 bits per heavy atom. The van der Waals surface area contributed by atoms with E-state index in [2.05, 4.69) is 43.3 Å². The van der Waals surface area contributed by atoms with Crippen LogP contribution in [0.3, 0.4) is 0 Å². The van der Waals surface area contributed by atoms with Crippen molar-refractivity contribution in [2.75, 3.05) is 11.9 Å². The maximum absolute atomic E-state index is 12.8. The molecule has 6 nitrogen and oxygen atoms in total. The third-order valence-corrected chi connectivity index (χ3v) is 6.13. The SMILES string of the molecule is CCNc1ccc(C(=O)NC2C(C)(C)C(Oc3ccc(C#N)c(Cl)c3)C2(C)C)cn1. The number of benzene rings is 1. The van der Waals surface area contributed by atoms with Gasteiger partial charge in [-0.25, -0.2) is 4.98 Å². The predicted octanol–water partition coefficient (Wildman–Crippen LogP) is 4.65. The minimum Gasteiger partial charge on any atom is -0.489 e. The van der Waals surface area contributed by atoms with E-state index < -0.39 is 0 Å². The molecule has 7 heteroatoms. The Labute approximate surface area is 182 Å². The van der Waals surface area contributed by atoms with Crippen molar-refractivity contribution in [1.29, 1.82) is 5.26 Å². The van der Waals surface area contributed by atoms with Gasteiger partial charge in [0.1, 0.15) is 23.7 Å². The van der Waals surface area contributed by atoms with Crippen LogP contribution in [-0.4, -0.2) is 29.6 Å². The van der Waals surface area contributed by atoms with E-state index in [9.17, 15) is 4.79 Å². The van der Waals surface area contributed by atoms with Gasteiger partial charge in [-0.1, -0.05) is 39.3 Å². The van der Waals surface area contributed by atoms with Crippen LogP contribution in [0.5, 0.6) is 5.75 Å². The normalized spacial score (nSPS) is 21.1. The van der Waals surface area contributed by atoms with Gasteiger partial charge in [0, 0.05) is 35.7 Å². The first-order valence-corrected chi connectivity index (χ1v) is 10.4. The molecule has 1 aromatic heterocycles. The number of ether oxygens (including phenoxy) is 1. The second-order valence-electron chi connectivity index (χ2n) is 8.76. The third-order valence-electron chi connectivity index (χ3n) is 5.81. The van der Waals surface area contributed by atoms with E-state index in [1.165, 1.54) is 0 Å². The first-order chi connectivity index (χ1) is 14.1. The van der Waals surface area contributed by atoms with Gasteiger partial charge in [0.25, 0.3) is 5.91 Å². The number of carbonyl (C=O) groups excluding carboxylic acids is 1. The number of halogens is 1. The Hall–Kier alpha value is -2.78. The van der Waals surface area contributed by atoms with Crippen molar-refractivity contribution in [3.05, 3.63) is 52.7 Å². The monoisotopic (exact) mass is 426 g/mol. The summed E-state index contributed by atoms with van der Waals surface area (Å²) in [6, 6.07) is 10.6. The lowest BCUT2D eigenvalue weighted by molar-refractivity contribution is -0.164. The van der Waals surface area contributed by atoms with Crippen LogP contribution >= 0.6 is 11.6 Å². The predicted molar refractivity (Wildman–Crippen MR) is 118 cm³/mol. The number of amides is 1. The molecule has 1 saturated carbocycles. The van der Waals surface area contributed by atoms with Crippen LogP contribution in [0.25, 0.3) is 0 Å². The van der Waals surface area contributed by atoms with Gasteiger partial charge in [-0.05, 0) is 31.2 Å². The lowest BCUT2D eigenvalue weighted by Crippen LogP contribution is -2.74. The first-order valence-electron chi connectivity index (χ1n) is 9.98. The molecule has 0 atom stereocenters. The molecule has 1 aliphatic rings. The van der Waals surface area contributed by atoms with E-state index >= 15 is 0 Å². The second-order valence-corrected chi connectivity index (χ2v) is 9.17. The number of nitrogens with zero attached hydrogens (tertiary/aromatic N) is 2. The van der Waals surface area contributed by atoms with Crippen LogP contribution in [0.1, 0.15) is 50.5 Å². The lowest BCUT2D eigenvalue weighted by atomic mass is 9.49. The van der Waals surface area contributed by atoms with Crippen molar-refractivity contribution < 1.29 is 9.53 Å². The van der Waals surface area contributed by atoms with E-state index in [0.717, 1.165) is 12.4 Å². The molecule has 0 spiro atoms. The van der Waals surface area contributed by atoms with E-state index in [4.69, 9.17) is 21.6 Å². The average molecular weight is 427 g/mol. The highest BCUT2D eigenvalue weighted by atomic mass is 35.5. The molecule has 0 unspecified atom stereocenters. The summed E-state index contributed by atoms with van der Waals surface area (Å²) in [4.78, 5) is 17.1. The molecule has 0 radical (unpaired) electrons. The summed E-state index contributed by atoms with van der Waals surface area (Å²) >= 11 is 6.14. The summed E-state index contributed by atoms with van der Waals surface area (Å²) in [5.41, 5.74) is 0.314. The van der Waals surface area contributed by atoms with Gasteiger partial charge in [0.2, 0.25) is 0 Å². The Morgan fingerprint density at radius 2 is 1.93 bits per heavy atom. The van der Waals surface area contributed by atoms with Crippen LogP contribution in [-0.2, 0) is 0 Å². The first kappa shape index (κ1) is 21.9. The largest absolute Gasteiger partial charge is 0.489 e. The fourth-order valence-corrected chi connectivity index (χ4v) is 4.84. The fraction of sp³-hybridized carbons (Fsp3) is 0.435. The Kier molecular flexibility index (Phi) is 5.96. The topological polar surface area (TPSA) is 87.0 Å². The molecule has 0 saturated heterocycles. The van der Waals surface area contributed by atoms with Gasteiger partial charge >= 0.3 is 0 Å². The van der Waals surface area contributed by atoms with Crippen molar-refractivity contribution in [2.45, 2.75) is 46.8 Å². The minimum atomic E-state index is -0.309. The zero-order valence-corrected chi connectivity index (χ0v) is 18.7. The van der Waals surface area contributed by atoms with E-state index in [1.807, 2.05) is 13.0 Å². The Morgan fingerprint density at radius 1 is 1.23 bits per heavy atom. The number of aromatic nitrogens is 1. The van der Waals surface area contributed by atoms with Crippen molar-refractivity contribution in [3.63, 3.8) is 0 Å². The Balaban J connectivity index is 1.72. The molecule has 1 aromatic carbocycles. The number of rotatable bonds is 6. The molecule has 0 bridgehead atoms. The van der Waals surface area contributed by atoms with E-state index in [0.29, 0.717) is 21.9 Å². The maximum Gasteiger partial charge on any atom is 0.253 e. The van der Waals surface area contributed by atoms with Gasteiger partial charge in [-0.3, -0.25) is 4.79 Å². The van der Waals surface area contributed by atoms with Crippen LogP contribution in [0.2, 0.25) is 5.02 Å². The van der Waals surface area contributed by atoms with Crippen molar-refractivity contribution in [2.24, 2.45) is 10.8 Å². The zero-order valence-electron chi connectivity index (χ0n) is 17.9. The molecule has 2 aromatic rings. The van der Waals surface area contributed by atoms with Crippen molar-refractivity contribution in [1.82, 2.24) is 10.3 Å². The number of anilines is 1. The van der Waals surface area contributed by atoms with Crippen molar-refractivity contribution >= 4 is 23.3 Å². The molecular weight excluding hydrogens is 400 g/mol. The zero-order chi connectivity index (χ0) is 22.1. The number of hydrogen-bond acceptors (Lipinski definition) is 5. The van der Waals surface area contributed by atoms with Crippen LogP contribution in [0.4, 0.5) is 5.82 Å². The molecule has 1 heterocycles. The number of hydrogen-bond donors (Lipinski definition) is 2. The van der Waals surface area contributed by atoms with E-state index in [1.54, 1.807) is 36.5 Å². The average Bonchev–Trinajstić information content (AvgIpc) is 2.70. The summed E-state index contributed by atoms with van der Waals surface area (Å²) in [6.07, 6.45) is 1.44.